The highest BCUT2D eigenvalue weighted by Gasteiger charge is 2.23. The SMILES string of the molecule is CCC(C)CC(CNC1CC1)c1ccc(Br)cc1. The molecule has 2 heteroatoms. The van der Waals surface area contributed by atoms with Gasteiger partial charge in [0.2, 0.25) is 0 Å². The van der Waals surface area contributed by atoms with E-state index in [-0.39, 0.29) is 0 Å². The first-order chi connectivity index (χ1) is 8.69. The van der Waals surface area contributed by atoms with Gasteiger partial charge in [0.25, 0.3) is 0 Å². The van der Waals surface area contributed by atoms with Crippen LogP contribution >= 0.6 is 15.9 Å². The second-order valence-electron chi connectivity index (χ2n) is 5.68. The van der Waals surface area contributed by atoms with Gasteiger partial charge >= 0.3 is 0 Å². The highest BCUT2D eigenvalue weighted by Crippen LogP contribution is 2.27. The van der Waals surface area contributed by atoms with Crippen molar-refractivity contribution in [2.45, 2.75) is 51.5 Å². The van der Waals surface area contributed by atoms with Crippen LogP contribution < -0.4 is 5.32 Å². The molecule has 0 radical (unpaired) electrons. The van der Waals surface area contributed by atoms with Crippen LogP contribution in [0.2, 0.25) is 0 Å². The molecule has 0 saturated heterocycles. The molecule has 0 bridgehead atoms. The highest BCUT2D eigenvalue weighted by atomic mass is 79.9. The van der Waals surface area contributed by atoms with Crippen molar-refractivity contribution < 1.29 is 0 Å². The normalized spacial score (nSPS) is 18.6. The molecular formula is C16H24BrN. The first kappa shape index (κ1) is 14.1. The summed E-state index contributed by atoms with van der Waals surface area (Å²) in [5.74, 6) is 1.47. The summed E-state index contributed by atoms with van der Waals surface area (Å²) in [5, 5.41) is 3.69. The molecule has 1 aromatic rings. The maximum atomic E-state index is 3.69. The first-order valence-electron chi connectivity index (χ1n) is 7.18. The van der Waals surface area contributed by atoms with Gasteiger partial charge in [0.1, 0.15) is 0 Å². The van der Waals surface area contributed by atoms with Crippen molar-refractivity contribution in [3.63, 3.8) is 0 Å². The molecule has 1 N–H and O–H groups in total. The lowest BCUT2D eigenvalue weighted by molar-refractivity contribution is 0.435. The third-order valence-corrected chi connectivity index (χ3v) is 4.48. The Morgan fingerprint density at radius 3 is 2.50 bits per heavy atom. The maximum Gasteiger partial charge on any atom is 0.0175 e. The number of hydrogen-bond donors (Lipinski definition) is 1. The fraction of sp³-hybridized carbons (Fsp3) is 0.625. The van der Waals surface area contributed by atoms with Gasteiger partial charge in [0.05, 0.1) is 0 Å². The molecule has 1 nitrogen and oxygen atoms in total. The Morgan fingerprint density at radius 1 is 1.28 bits per heavy atom. The summed E-state index contributed by atoms with van der Waals surface area (Å²) in [7, 11) is 0. The van der Waals surface area contributed by atoms with E-state index in [4.69, 9.17) is 0 Å². The molecule has 1 saturated carbocycles. The first-order valence-corrected chi connectivity index (χ1v) is 7.97. The molecule has 0 heterocycles. The Labute approximate surface area is 119 Å². The molecule has 0 spiro atoms. The zero-order valence-electron chi connectivity index (χ0n) is 11.5. The fourth-order valence-electron chi connectivity index (χ4n) is 2.32. The lowest BCUT2D eigenvalue weighted by Crippen LogP contribution is -2.24. The Morgan fingerprint density at radius 2 is 1.94 bits per heavy atom. The summed E-state index contributed by atoms with van der Waals surface area (Å²) >= 11 is 3.52. The highest BCUT2D eigenvalue weighted by molar-refractivity contribution is 9.10. The number of hydrogen-bond acceptors (Lipinski definition) is 1. The van der Waals surface area contributed by atoms with E-state index in [0.717, 1.165) is 18.5 Å². The van der Waals surface area contributed by atoms with Gasteiger partial charge in [0.15, 0.2) is 0 Å². The molecule has 2 unspecified atom stereocenters. The minimum atomic E-state index is 0.661. The lowest BCUT2D eigenvalue weighted by Gasteiger charge is -2.21. The van der Waals surface area contributed by atoms with Gasteiger partial charge in [-0.05, 0) is 48.8 Å². The fourth-order valence-corrected chi connectivity index (χ4v) is 2.59. The van der Waals surface area contributed by atoms with Crippen molar-refractivity contribution in [1.29, 1.82) is 0 Å². The van der Waals surface area contributed by atoms with Crippen molar-refractivity contribution in [3.8, 4) is 0 Å². The summed E-state index contributed by atoms with van der Waals surface area (Å²) < 4.78 is 1.17. The van der Waals surface area contributed by atoms with Crippen molar-refractivity contribution in [2.75, 3.05) is 6.54 Å². The summed E-state index contributed by atoms with van der Waals surface area (Å²) in [6.07, 6.45) is 5.31. The predicted octanol–water partition coefficient (Wildman–Crippen LogP) is 4.72. The maximum absolute atomic E-state index is 3.69. The van der Waals surface area contributed by atoms with Crippen LogP contribution in [-0.2, 0) is 0 Å². The van der Waals surface area contributed by atoms with Crippen LogP contribution in [0.3, 0.4) is 0 Å². The molecule has 100 valence electrons. The molecule has 1 fully saturated rings. The molecule has 18 heavy (non-hydrogen) atoms. The molecule has 0 amide bonds. The molecule has 0 aliphatic heterocycles. The van der Waals surface area contributed by atoms with Crippen molar-refractivity contribution in [2.24, 2.45) is 5.92 Å². The minimum absolute atomic E-state index is 0.661. The Bertz CT molecular complexity index is 356. The van der Waals surface area contributed by atoms with Gasteiger partial charge in [0, 0.05) is 17.1 Å². The number of nitrogens with one attached hydrogen (secondary N) is 1. The molecule has 0 aromatic heterocycles. The van der Waals surface area contributed by atoms with Crippen molar-refractivity contribution in [1.82, 2.24) is 5.32 Å². The molecule has 2 rings (SSSR count). The zero-order chi connectivity index (χ0) is 13.0. The largest absolute Gasteiger partial charge is 0.313 e. The molecule has 1 aliphatic rings. The predicted molar refractivity (Wildman–Crippen MR) is 82.0 cm³/mol. The zero-order valence-corrected chi connectivity index (χ0v) is 13.0. The van der Waals surface area contributed by atoms with E-state index in [1.807, 2.05) is 0 Å². The van der Waals surface area contributed by atoms with Crippen LogP contribution in [-0.4, -0.2) is 12.6 Å². The van der Waals surface area contributed by atoms with Crippen LogP contribution in [0, 0.1) is 5.92 Å². The van der Waals surface area contributed by atoms with Gasteiger partial charge in [-0.2, -0.15) is 0 Å². The Balaban J connectivity index is 1.99. The van der Waals surface area contributed by atoms with Gasteiger partial charge in [-0.3, -0.25) is 0 Å². The molecule has 1 aliphatic carbocycles. The van der Waals surface area contributed by atoms with Crippen LogP contribution in [0.25, 0.3) is 0 Å². The van der Waals surface area contributed by atoms with Crippen LogP contribution in [0.1, 0.15) is 51.0 Å². The summed E-state index contributed by atoms with van der Waals surface area (Å²) in [5.41, 5.74) is 1.48. The van der Waals surface area contributed by atoms with E-state index in [0.29, 0.717) is 5.92 Å². The van der Waals surface area contributed by atoms with E-state index in [2.05, 4.69) is 59.4 Å². The molecule has 1 aromatic carbocycles. The molecule has 2 atom stereocenters. The van der Waals surface area contributed by atoms with E-state index >= 15 is 0 Å². The Hall–Kier alpha value is -0.340. The van der Waals surface area contributed by atoms with Gasteiger partial charge < -0.3 is 5.32 Å². The monoisotopic (exact) mass is 309 g/mol. The second-order valence-corrected chi connectivity index (χ2v) is 6.60. The minimum Gasteiger partial charge on any atom is -0.313 e. The van der Waals surface area contributed by atoms with E-state index in [1.54, 1.807) is 0 Å². The van der Waals surface area contributed by atoms with Crippen molar-refractivity contribution >= 4 is 15.9 Å². The van der Waals surface area contributed by atoms with Gasteiger partial charge in [-0.15, -0.1) is 0 Å². The van der Waals surface area contributed by atoms with Crippen LogP contribution in [0.15, 0.2) is 28.7 Å². The standard InChI is InChI=1S/C16H24BrN/c1-3-12(2)10-14(11-18-16-8-9-16)13-4-6-15(17)7-5-13/h4-7,12,14,16,18H,3,8-11H2,1-2H3. The topological polar surface area (TPSA) is 12.0 Å². The Kier molecular flexibility index (Phi) is 5.25. The molecular weight excluding hydrogens is 286 g/mol. The smallest absolute Gasteiger partial charge is 0.0175 e. The number of benzene rings is 1. The third kappa shape index (κ3) is 4.40. The average molecular weight is 310 g/mol. The quantitative estimate of drug-likeness (QED) is 0.768. The number of rotatable bonds is 7. The van der Waals surface area contributed by atoms with E-state index in [9.17, 15) is 0 Å². The summed E-state index contributed by atoms with van der Waals surface area (Å²) in [6.45, 7) is 5.79. The summed E-state index contributed by atoms with van der Waals surface area (Å²) in [4.78, 5) is 0. The van der Waals surface area contributed by atoms with Crippen molar-refractivity contribution in [3.05, 3.63) is 34.3 Å². The summed E-state index contributed by atoms with van der Waals surface area (Å²) in [6, 6.07) is 9.67. The van der Waals surface area contributed by atoms with Gasteiger partial charge in [-0.1, -0.05) is 48.3 Å². The lowest BCUT2D eigenvalue weighted by atomic mass is 9.88. The third-order valence-electron chi connectivity index (χ3n) is 3.96. The second kappa shape index (κ2) is 6.72. The van der Waals surface area contributed by atoms with Crippen LogP contribution in [0.4, 0.5) is 0 Å². The average Bonchev–Trinajstić information content (AvgIpc) is 3.19. The van der Waals surface area contributed by atoms with Crippen LogP contribution in [0.5, 0.6) is 0 Å². The van der Waals surface area contributed by atoms with Gasteiger partial charge in [-0.25, -0.2) is 0 Å². The van der Waals surface area contributed by atoms with E-state index < -0.39 is 0 Å². The number of halogens is 1. The van der Waals surface area contributed by atoms with E-state index in [1.165, 1.54) is 35.7 Å².